The van der Waals surface area contributed by atoms with Crippen molar-refractivity contribution >= 4 is 27.1 Å². The number of nitro benzene ring substituents is 1. The highest BCUT2D eigenvalue weighted by Gasteiger charge is 2.18. The summed E-state index contributed by atoms with van der Waals surface area (Å²) in [5.74, 6) is -0.454. The van der Waals surface area contributed by atoms with Crippen molar-refractivity contribution in [2.24, 2.45) is 0 Å². The number of sulfone groups is 1. The molecular formula is C17H19N3O5S. The molecule has 0 unspecified atom stereocenters. The second-order valence-corrected chi connectivity index (χ2v) is 7.97. The van der Waals surface area contributed by atoms with Crippen molar-refractivity contribution < 1.29 is 18.1 Å². The number of nitrogens with zero attached hydrogens (tertiary/aromatic N) is 2. The van der Waals surface area contributed by atoms with Crippen molar-refractivity contribution in [2.45, 2.75) is 11.4 Å². The van der Waals surface area contributed by atoms with Crippen LogP contribution in [0.25, 0.3) is 0 Å². The first kappa shape index (κ1) is 19.4. The number of rotatable bonds is 6. The topological polar surface area (TPSA) is 110 Å². The molecule has 0 aliphatic heterocycles. The van der Waals surface area contributed by atoms with Gasteiger partial charge < -0.3 is 10.2 Å². The van der Waals surface area contributed by atoms with Crippen LogP contribution in [0.5, 0.6) is 0 Å². The van der Waals surface area contributed by atoms with Crippen LogP contribution in [-0.4, -0.2) is 39.6 Å². The van der Waals surface area contributed by atoms with Gasteiger partial charge in [-0.2, -0.15) is 0 Å². The number of hydrogen-bond acceptors (Lipinski definition) is 6. The Morgan fingerprint density at radius 3 is 2.27 bits per heavy atom. The van der Waals surface area contributed by atoms with Crippen LogP contribution >= 0.6 is 0 Å². The lowest BCUT2D eigenvalue weighted by molar-refractivity contribution is -0.384. The zero-order chi connectivity index (χ0) is 19.5. The molecule has 2 aromatic rings. The second-order valence-electron chi connectivity index (χ2n) is 5.95. The normalized spacial score (nSPS) is 11.0. The minimum Gasteiger partial charge on any atom is -0.377 e. The van der Waals surface area contributed by atoms with E-state index in [9.17, 15) is 23.3 Å². The van der Waals surface area contributed by atoms with Crippen LogP contribution in [0.15, 0.2) is 47.4 Å². The minimum absolute atomic E-state index is 0.165. The van der Waals surface area contributed by atoms with Crippen molar-refractivity contribution in [3.8, 4) is 0 Å². The molecule has 2 rings (SSSR count). The average molecular weight is 377 g/mol. The number of non-ortho nitro benzene ring substituents is 1. The van der Waals surface area contributed by atoms with Gasteiger partial charge in [0.1, 0.15) is 0 Å². The molecule has 0 radical (unpaired) electrons. The maximum atomic E-state index is 12.5. The summed E-state index contributed by atoms with van der Waals surface area (Å²) in [7, 11) is 0.197. The molecule has 138 valence electrons. The Hall–Kier alpha value is -2.94. The number of anilines is 1. The molecule has 0 fully saturated rings. The van der Waals surface area contributed by atoms with Gasteiger partial charge in [-0.25, -0.2) is 8.42 Å². The van der Waals surface area contributed by atoms with E-state index in [1.165, 1.54) is 30.3 Å². The summed E-state index contributed by atoms with van der Waals surface area (Å²) in [4.78, 5) is 24.8. The third kappa shape index (κ3) is 4.57. The lowest BCUT2D eigenvalue weighted by Gasteiger charge is -2.17. The molecule has 1 N–H and O–H groups in total. The van der Waals surface area contributed by atoms with Gasteiger partial charge in [0.05, 0.1) is 15.4 Å². The molecule has 0 aliphatic rings. The highest BCUT2D eigenvalue weighted by atomic mass is 32.2. The van der Waals surface area contributed by atoms with Crippen LogP contribution in [0.2, 0.25) is 0 Å². The van der Waals surface area contributed by atoms with Crippen LogP contribution < -0.4 is 10.2 Å². The van der Waals surface area contributed by atoms with E-state index < -0.39 is 20.7 Å². The molecule has 0 spiro atoms. The first-order valence-electron chi connectivity index (χ1n) is 7.62. The molecule has 0 heterocycles. The van der Waals surface area contributed by atoms with Crippen LogP contribution in [-0.2, 0) is 16.4 Å². The van der Waals surface area contributed by atoms with Gasteiger partial charge in [-0.15, -0.1) is 0 Å². The van der Waals surface area contributed by atoms with Crippen LogP contribution in [0.1, 0.15) is 15.9 Å². The maximum absolute atomic E-state index is 12.5. The maximum Gasteiger partial charge on any atom is 0.270 e. The third-order valence-corrected chi connectivity index (χ3v) is 4.85. The Bertz CT molecular complexity index is 937. The molecule has 0 aromatic heterocycles. The summed E-state index contributed by atoms with van der Waals surface area (Å²) in [5.41, 5.74) is 1.29. The molecule has 8 nitrogen and oxygen atoms in total. The molecular weight excluding hydrogens is 358 g/mol. The first-order chi connectivity index (χ1) is 12.1. The lowest BCUT2D eigenvalue weighted by Crippen LogP contribution is -2.25. The molecule has 1 amide bonds. The first-order valence-corrected chi connectivity index (χ1v) is 9.51. The van der Waals surface area contributed by atoms with E-state index in [0.717, 1.165) is 6.26 Å². The Labute approximate surface area is 151 Å². The standard InChI is InChI=1S/C17H19N3O5S/c1-19(2)16-9-6-13(20(22)23)10-15(16)17(21)18-11-12-4-7-14(8-5-12)26(3,24)25/h4-10H,11H2,1-3H3,(H,18,21). The monoisotopic (exact) mass is 377 g/mol. The third-order valence-electron chi connectivity index (χ3n) is 3.72. The molecule has 2 aromatic carbocycles. The fourth-order valence-electron chi connectivity index (χ4n) is 2.34. The van der Waals surface area contributed by atoms with E-state index in [0.29, 0.717) is 11.3 Å². The molecule has 0 saturated heterocycles. The lowest BCUT2D eigenvalue weighted by atomic mass is 10.1. The van der Waals surface area contributed by atoms with E-state index >= 15 is 0 Å². The Morgan fingerprint density at radius 1 is 1.15 bits per heavy atom. The predicted molar refractivity (Wildman–Crippen MR) is 98.1 cm³/mol. The summed E-state index contributed by atoms with van der Waals surface area (Å²) in [6.07, 6.45) is 1.12. The fourth-order valence-corrected chi connectivity index (χ4v) is 2.97. The summed E-state index contributed by atoms with van der Waals surface area (Å²) in [6, 6.07) is 10.3. The molecule has 0 aliphatic carbocycles. The van der Waals surface area contributed by atoms with E-state index in [1.807, 2.05) is 0 Å². The molecule has 0 bridgehead atoms. The van der Waals surface area contributed by atoms with Gasteiger partial charge >= 0.3 is 0 Å². The highest BCUT2D eigenvalue weighted by molar-refractivity contribution is 7.90. The van der Waals surface area contributed by atoms with Crippen molar-refractivity contribution in [1.29, 1.82) is 0 Å². The summed E-state index contributed by atoms with van der Waals surface area (Å²) in [6.45, 7) is 0.165. The summed E-state index contributed by atoms with van der Waals surface area (Å²) in [5, 5.41) is 13.7. The quantitative estimate of drug-likeness (QED) is 0.609. The average Bonchev–Trinajstić information content (AvgIpc) is 2.58. The smallest absolute Gasteiger partial charge is 0.270 e. The molecule has 9 heteroatoms. The van der Waals surface area contributed by atoms with Crippen LogP contribution in [0.4, 0.5) is 11.4 Å². The van der Waals surface area contributed by atoms with Gasteiger partial charge in [-0.3, -0.25) is 14.9 Å². The summed E-state index contributed by atoms with van der Waals surface area (Å²) < 4.78 is 22.9. The van der Waals surface area contributed by atoms with E-state index in [1.54, 1.807) is 31.1 Å². The van der Waals surface area contributed by atoms with Gasteiger partial charge in [-0.05, 0) is 23.8 Å². The fraction of sp³-hybridized carbons (Fsp3) is 0.235. The predicted octanol–water partition coefficient (Wildman–Crippen LogP) is 1.99. The number of nitro groups is 1. The summed E-state index contributed by atoms with van der Waals surface area (Å²) >= 11 is 0. The Morgan fingerprint density at radius 2 is 1.77 bits per heavy atom. The number of amides is 1. The number of benzene rings is 2. The minimum atomic E-state index is -3.28. The van der Waals surface area contributed by atoms with Crippen LogP contribution in [0, 0.1) is 10.1 Å². The number of carbonyl (C=O) groups excluding carboxylic acids is 1. The van der Waals surface area contributed by atoms with Crippen LogP contribution in [0.3, 0.4) is 0 Å². The zero-order valence-electron chi connectivity index (χ0n) is 14.6. The van der Waals surface area contributed by atoms with E-state index in [-0.39, 0.29) is 22.7 Å². The van der Waals surface area contributed by atoms with E-state index in [2.05, 4.69) is 5.32 Å². The Balaban J connectivity index is 2.19. The highest BCUT2D eigenvalue weighted by Crippen LogP contribution is 2.24. The number of hydrogen-bond donors (Lipinski definition) is 1. The number of carbonyl (C=O) groups is 1. The van der Waals surface area contributed by atoms with Crippen molar-refractivity contribution in [2.75, 3.05) is 25.3 Å². The number of nitrogens with one attached hydrogen (secondary N) is 1. The second kappa shape index (κ2) is 7.52. The molecule has 26 heavy (non-hydrogen) atoms. The Kier molecular flexibility index (Phi) is 5.61. The largest absolute Gasteiger partial charge is 0.377 e. The van der Waals surface area contributed by atoms with Gasteiger partial charge in [0, 0.05) is 44.7 Å². The van der Waals surface area contributed by atoms with Crippen molar-refractivity contribution in [3.05, 3.63) is 63.7 Å². The van der Waals surface area contributed by atoms with Gasteiger partial charge in [0.15, 0.2) is 9.84 Å². The van der Waals surface area contributed by atoms with E-state index in [4.69, 9.17) is 0 Å². The zero-order valence-corrected chi connectivity index (χ0v) is 15.4. The van der Waals surface area contributed by atoms with Crippen molar-refractivity contribution in [1.82, 2.24) is 5.32 Å². The van der Waals surface area contributed by atoms with Gasteiger partial charge in [0.2, 0.25) is 0 Å². The SMILES string of the molecule is CN(C)c1ccc([N+](=O)[O-])cc1C(=O)NCc1ccc(S(C)(=O)=O)cc1. The molecule has 0 saturated carbocycles. The molecule has 0 atom stereocenters. The van der Waals surface area contributed by atoms with Gasteiger partial charge in [-0.1, -0.05) is 12.1 Å². The van der Waals surface area contributed by atoms with Crippen molar-refractivity contribution in [3.63, 3.8) is 0 Å². The van der Waals surface area contributed by atoms with Gasteiger partial charge in [0.25, 0.3) is 11.6 Å².